The molecule has 1 saturated heterocycles. The summed E-state index contributed by atoms with van der Waals surface area (Å²) in [5, 5.41) is 4.14. The van der Waals surface area contributed by atoms with E-state index in [1.165, 1.54) is 32.1 Å². The minimum absolute atomic E-state index is 0.227. The van der Waals surface area contributed by atoms with Gasteiger partial charge in [-0.1, -0.05) is 30.9 Å². The molecule has 2 aliphatic rings. The average molecular weight is 267 g/mol. The molecule has 0 amide bonds. The Labute approximate surface area is 113 Å². The number of hydrogen-bond acceptors (Lipinski definition) is 4. The first-order valence-electron chi connectivity index (χ1n) is 6.76. The highest BCUT2D eigenvalue weighted by Gasteiger charge is 2.40. The number of halogens is 1. The van der Waals surface area contributed by atoms with Crippen LogP contribution >= 0.6 is 11.6 Å². The van der Waals surface area contributed by atoms with E-state index in [0.717, 1.165) is 25.6 Å². The molecule has 2 fully saturated rings. The normalized spacial score (nSPS) is 23.3. The third-order valence-corrected chi connectivity index (χ3v) is 4.37. The van der Waals surface area contributed by atoms with Crippen LogP contribution in [0.15, 0.2) is 12.4 Å². The van der Waals surface area contributed by atoms with Crippen LogP contribution in [0.25, 0.3) is 0 Å². The van der Waals surface area contributed by atoms with Crippen molar-refractivity contribution in [3.05, 3.63) is 17.4 Å². The molecule has 0 unspecified atom stereocenters. The van der Waals surface area contributed by atoms with Gasteiger partial charge >= 0.3 is 0 Å². The largest absolute Gasteiger partial charge is 0.333 e. The van der Waals surface area contributed by atoms with Crippen molar-refractivity contribution < 1.29 is 0 Å². The van der Waals surface area contributed by atoms with Crippen LogP contribution in [0.1, 0.15) is 32.1 Å². The van der Waals surface area contributed by atoms with E-state index in [-0.39, 0.29) is 5.54 Å². The molecule has 4 nitrogen and oxygen atoms in total. The van der Waals surface area contributed by atoms with E-state index in [2.05, 4.69) is 20.2 Å². The third-order valence-electron chi connectivity index (χ3n) is 4.17. The van der Waals surface area contributed by atoms with Crippen LogP contribution in [0.5, 0.6) is 0 Å². The van der Waals surface area contributed by atoms with Crippen LogP contribution in [0.2, 0.25) is 5.02 Å². The van der Waals surface area contributed by atoms with Gasteiger partial charge < -0.3 is 10.2 Å². The van der Waals surface area contributed by atoms with Crippen molar-refractivity contribution in [3.63, 3.8) is 0 Å². The second-order valence-corrected chi connectivity index (χ2v) is 5.75. The van der Waals surface area contributed by atoms with Crippen molar-refractivity contribution in [1.29, 1.82) is 0 Å². The second-order valence-electron chi connectivity index (χ2n) is 5.31. The fourth-order valence-corrected chi connectivity index (χ4v) is 3.36. The highest BCUT2D eigenvalue weighted by atomic mass is 35.5. The van der Waals surface area contributed by atoms with Crippen molar-refractivity contribution >= 4 is 17.5 Å². The summed E-state index contributed by atoms with van der Waals surface area (Å²) in [5.74, 6) is 0.836. The first kappa shape index (κ1) is 12.2. The fraction of sp³-hybridized carbons (Fsp3) is 0.692. The maximum atomic E-state index is 5.87. The predicted molar refractivity (Wildman–Crippen MR) is 73.1 cm³/mol. The van der Waals surface area contributed by atoms with Crippen molar-refractivity contribution in [2.45, 2.75) is 37.6 Å². The number of nitrogens with one attached hydrogen (secondary N) is 1. The van der Waals surface area contributed by atoms with Gasteiger partial charge in [-0.2, -0.15) is 0 Å². The number of piperazine rings is 1. The summed E-state index contributed by atoms with van der Waals surface area (Å²) >= 11 is 5.87. The van der Waals surface area contributed by atoms with Gasteiger partial charge in [0.15, 0.2) is 0 Å². The van der Waals surface area contributed by atoms with Crippen molar-refractivity contribution in [2.75, 3.05) is 24.5 Å². The number of nitrogens with zero attached hydrogens (tertiary/aromatic N) is 3. The van der Waals surface area contributed by atoms with E-state index in [0.29, 0.717) is 5.02 Å². The zero-order valence-corrected chi connectivity index (χ0v) is 11.3. The molecule has 1 aromatic heterocycles. The molecule has 1 N–H and O–H groups in total. The maximum Gasteiger partial charge on any atom is 0.225 e. The predicted octanol–water partition coefficient (Wildman–Crippen LogP) is 2.24. The van der Waals surface area contributed by atoms with Gasteiger partial charge in [-0.25, -0.2) is 9.97 Å². The van der Waals surface area contributed by atoms with E-state index in [4.69, 9.17) is 11.6 Å². The van der Waals surface area contributed by atoms with Gasteiger partial charge in [0.2, 0.25) is 5.95 Å². The van der Waals surface area contributed by atoms with Crippen LogP contribution in [0.4, 0.5) is 5.95 Å². The van der Waals surface area contributed by atoms with Crippen molar-refractivity contribution in [1.82, 2.24) is 15.3 Å². The van der Waals surface area contributed by atoms with Gasteiger partial charge in [0, 0.05) is 19.6 Å². The molecule has 1 spiro atoms. The number of aromatic nitrogens is 2. The standard InChI is InChI=1S/C13H19ClN4/c14-11-8-16-12(17-9-11)18-7-6-15-10-13(18)4-2-1-3-5-13/h8-9,15H,1-7,10H2. The molecule has 2 heterocycles. The number of rotatable bonds is 1. The van der Waals surface area contributed by atoms with Crippen molar-refractivity contribution in [2.24, 2.45) is 0 Å². The van der Waals surface area contributed by atoms with Gasteiger partial charge in [-0.15, -0.1) is 0 Å². The van der Waals surface area contributed by atoms with Crippen molar-refractivity contribution in [3.8, 4) is 0 Å². The Bertz CT molecular complexity index is 392. The van der Waals surface area contributed by atoms with Crippen LogP contribution in [0, 0.1) is 0 Å². The summed E-state index contributed by atoms with van der Waals surface area (Å²) in [6.07, 6.45) is 9.86. The van der Waals surface area contributed by atoms with Gasteiger partial charge in [0.25, 0.3) is 0 Å². The maximum absolute atomic E-state index is 5.87. The average Bonchev–Trinajstić information content (AvgIpc) is 2.42. The lowest BCUT2D eigenvalue weighted by atomic mass is 9.79. The SMILES string of the molecule is Clc1cnc(N2CCNCC23CCCCC3)nc1. The van der Waals surface area contributed by atoms with Gasteiger partial charge in [0.05, 0.1) is 23.0 Å². The molecule has 98 valence electrons. The van der Waals surface area contributed by atoms with E-state index in [1.807, 2.05) is 0 Å². The fourth-order valence-electron chi connectivity index (χ4n) is 3.26. The highest BCUT2D eigenvalue weighted by molar-refractivity contribution is 6.30. The molecule has 1 aromatic rings. The lowest BCUT2D eigenvalue weighted by Crippen LogP contribution is -2.62. The van der Waals surface area contributed by atoms with Crippen LogP contribution in [-0.4, -0.2) is 35.1 Å². The summed E-state index contributed by atoms with van der Waals surface area (Å²) in [6.45, 7) is 3.05. The first-order chi connectivity index (χ1) is 8.80. The monoisotopic (exact) mass is 266 g/mol. The quantitative estimate of drug-likeness (QED) is 0.847. The number of anilines is 1. The van der Waals surface area contributed by atoms with E-state index in [1.54, 1.807) is 12.4 Å². The lowest BCUT2D eigenvalue weighted by molar-refractivity contribution is 0.238. The second kappa shape index (κ2) is 5.02. The van der Waals surface area contributed by atoms with Crippen LogP contribution < -0.4 is 10.2 Å². The van der Waals surface area contributed by atoms with E-state index >= 15 is 0 Å². The summed E-state index contributed by atoms with van der Waals surface area (Å²) in [7, 11) is 0. The molecule has 3 rings (SSSR count). The molecule has 1 aliphatic heterocycles. The Balaban J connectivity index is 1.89. The minimum Gasteiger partial charge on any atom is -0.333 e. The molecule has 0 aromatic carbocycles. The van der Waals surface area contributed by atoms with Gasteiger partial charge in [0.1, 0.15) is 0 Å². The molecular formula is C13H19ClN4. The van der Waals surface area contributed by atoms with Crippen LogP contribution in [0.3, 0.4) is 0 Å². The molecular weight excluding hydrogens is 248 g/mol. The highest BCUT2D eigenvalue weighted by Crippen LogP contribution is 2.36. The zero-order valence-electron chi connectivity index (χ0n) is 10.5. The third kappa shape index (κ3) is 2.19. The minimum atomic E-state index is 0.227. The molecule has 0 atom stereocenters. The summed E-state index contributed by atoms with van der Waals surface area (Å²) in [6, 6.07) is 0. The Morgan fingerprint density at radius 1 is 1.17 bits per heavy atom. The van der Waals surface area contributed by atoms with Crippen LogP contribution in [-0.2, 0) is 0 Å². The Hall–Kier alpha value is -0.870. The zero-order chi connectivity index (χ0) is 12.4. The smallest absolute Gasteiger partial charge is 0.225 e. The molecule has 0 bridgehead atoms. The summed E-state index contributed by atoms with van der Waals surface area (Å²) in [5.41, 5.74) is 0.227. The molecule has 18 heavy (non-hydrogen) atoms. The molecule has 1 aliphatic carbocycles. The Kier molecular flexibility index (Phi) is 3.39. The van der Waals surface area contributed by atoms with E-state index < -0.39 is 0 Å². The molecule has 1 saturated carbocycles. The van der Waals surface area contributed by atoms with E-state index in [9.17, 15) is 0 Å². The number of hydrogen-bond donors (Lipinski definition) is 1. The first-order valence-corrected chi connectivity index (χ1v) is 7.14. The van der Waals surface area contributed by atoms with Gasteiger partial charge in [-0.3, -0.25) is 0 Å². The molecule has 0 radical (unpaired) electrons. The summed E-state index contributed by atoms with van der Waals surface area (Å²) in [4.78, 5) is 11.2. The molecule has 5 heteroatoms. The Morgan fingerprint density at radius 2 is 1.89 bits per heavy atom. The van der Waals surface area contributed by atoms with Gasteiger partial charge in [-0.05, 0) is 12.8 Å². The Morgan fingerprint density at radius 3 is 2.61 bits per heavy atom. The topological polar surface area (TPSA) is 41.1 Å². The summed E-state index contributed by atoms with van der Waals surface area (Å²) < 4.78 is 0. The lowest BCUT2D eigenvalue weighted by Gasteiger charge is -2.49.